The fourth-order valence-electron chi connectivity index (χ4n) is 4.12. The van der Waals surface area contributed by atoms with E-state index in [-0.39, 0.29) is 42.3 Å². The molecule has 2 aliphatic carbocycles. The van der Waals surface area contributed by atoms with Crippen LogP contribution in [0.3, 0.4) is 0 Å². The maximum absolute atomic E-state index is 12.5. The molecule has 1 saturated heterocycles. The molecule has 1 aromatic carbocycles. The molecule has 0 radical (unpaired) electrons. The van der Waals surface area contributed by atoms with E-state index in [1.54, 1.807) is 12.1 Å². The molecule has 4 aliphatic rings. The number of ether oxygens (including phenoxy) is 2. The van der Waals surface area contributed by atoms with E-state index in [4.69, 9.17) is 9.47 Å². The molecule has 2 fully saturated rings. The molecule has 2 amide bonds. The monoisotopic (exact) mass is 310 g/mol. The molecule has 0 N–H and O–H groups in total. The number of hydrogen-bond acceptors (Lipinski definition) is 5. The van der Waals surface area contributed by atoms with Gasteiger partial charge >= 0.3 is 0 Å². The minimum Gasteiger partial charge on any atom is -0.454 e. The Labute approximate surface area is 132 Å². The molecule has 6 nitrogen and oxygen atoms in total. The second kappa shape index (κ2) is 4.44. The molecule has 5 rings (SSSR count). The summed E-state index contributed by atoms with van der Waals surface area (Å²) in [5.74, 6) is 0.958. The van der Waals surface area contributed by atoms with Crippen LogP contribution in [-0.2, 0) is 9.59 Å². The number of allylic oxidation sites excluding steroid dienone is 2. The van der Waals surface area contributed by atoms with Crippen LogP contribution in [0.2, 0.25) is 0 Å². The van der Waals surface area contributed by atoms with Gasteiger partial charge in [0.15, 0.2) is 11.5 Å². The lowest BCUT2D eigenvalue weighted by Crippen LogP contribution is -2.28. The SMILES string of the molecule is O=C1[C@@H]2[C@H](C(=O)N1N=Cc1ccc3c(c1)OCO3)[C@H]1C=C[C@H]2C1. The van der Waals surface area contributed by atoms with Crippen LogP contribution < -0.4 is 9.47 Å². The number of hydrogen-bond donors (Lipinski definition) is 0. The van der Waals surface area contributed by atoms with Gasteiger partial charge in [-0.1, -0.05) is 12.2 Å². The van der Waals surface area contributed by atoms with E-state index in [9.17, 15) is 9.59 Å². The third-order valence-corrected chi connectivity index (χ3v) is 5.17. The highest BCUT2D eigenvalue weighted by Gasteiger charge is 2.59. The number of benzene rings is 1. The Hall–Kier alpha value is -2.63. The summed E-state index contributed by atoms with van der Waals surface area (Å²) in [5, 5.41) is 5.19. The second-order valence-electron chi connectivity index (χ2n) is 6.35. The van der Waals surface area contributed by atoms with Crippen molar-refractivity contribution in [3.8, 4) is 11.5 Å². The van der Waals surface area contributed by atoms with Gasteiger partial charge in [0, 0.05) is 0 Å². The molecule has 23 heavy (non-hydrogen) atoms. The summed E-state index contributed by atoms with van der Waals surface area (Å²) in [5.41, 5.74) is 0.757. The number of carbonyl (C=O) groups is 2. The van der Waals surface area contributed by atoms with E-state index in [1.807, 2.05) is 6.07 Å². The van der Waals surface area contributed by atoms with Gasteiger partial charge in [0.2, 0.25) is 6.79 Å². The Kier molecular flexibility index (Phi) is 2.48. The number of nitrogens with zero attached hydrogens (tertiary/aromatic N) is 2. The topological polar surface area (TPSA) is 68.2 Å². The summed E-state index contributed by atoms with van der Waals surface area (Å²) in [6.07, 6.45) is 6.59. The molecule has 2 aliphatic heterocycles. The average molecular weight is 310 g/mol. The predicted molar refractivity (Wildman–Crippen MR) is 79.7 cm³/mol. The van der Waals surface area contributed by atoms with Crippen molar-refractivity contribution in [3.05, 3.63) is 35.9 Å². The third-order valence-electron chi connectivity index (χ3n) is 5.17. The fraction of sp³-hybridized carbons (Fsp3) is 0.353. The highest BCUT2D eigenvalue weighted by atomic mass is 16.7. The van der Waals surface area contributed by atoms with Gasteiger partial charge in [-0.2, -0.15) is 10.1 Å². The first-order chi connectivity index (χ1) is 11.2. The molecule has 1 aromatic rings. The minimum atomic E-state index is -0.216. The molecular weight excluding hydrogens is 296 g/mol. The van der Waals surface area contributed by atoms with Crippen LogP contribution in [-0.4, -0.2) is 29.8 Å². The van der Waals surface area contributed by atoms with Gasteiger partial charge in [-0.3, -0.25) is 9.59 Å². The van der Waals surface area contributed by atoms with Crippen molar-refractivity contribution in [2.75, 3.05) is 6.79 Å². The number of amides is 2. The van der Waals surface area contributed by atoms with Crippen molar-refractivity contribution < 1.29 is 19.1 Å². The van der Waals surface area contributed by atoms with Crippen LogP contribution in [0.25, 0.3) is 0 Å². The molecule has 1 saturated carbocycles. The van der Waals surface area contributed by atoms with Crippen molar-refractivity contribution >= 4 is 18.0 Å². The summed E-state index contributed by atoms with van der Waals surface area (Å²) < 4.78 is 10.6. The van der Waals surface area contributed by atoms with Crippen molar-refractivity contribution in [1.29, 1.82) is 0 Å². The standard InChI is InChI=1S/C17H14N2O4/c20-16-14-10-2-3-11(6-10)15(14)17(21)19(16)18-7-9-1-4-12-13(5-9)23-8-22-12/h1-5,7,10-11,14-15H,6,8H2/t10-,11-,14-,15+/m0/s1. The van der Waals surface area contributed by atoms with Crippen molar-refractivity contribution in [1.82, 2.24) is 5.01 Å². The van der Waals surface area contributed by atoms with Crippen LogP contribution in [0.1, 0.15) is 12.0 Å². The summed E-state index contributed by atoms with van der Waals surface area (Å²) in [4.78, 5) is 25.0. The van der Waals surface area contributed by atoms with Crippen LogP contribution >= 0.6 is 0 Å². The van der Waals surface area contributed by atoms with E-state index in [1.165, 1.54) is 6.21 Å². The van der Waals surface area contributed by atoms with Crippen LogP contribution in [0, 0.1) is 23.7 Å². The van der Waals surface area contributed by atoms with Gasteiger partial charge in [0.05, 0.1) is 18.1 Å². The van der Waals surface area contributed by atoms with E-state index in [0.29, 0.717) is 11.5 Å². The number of imide groups is 1. The Morgan fingerprint density at radius 2 is 1.74 bits per heavy atom. The van der Waals surface area contributed by atoms with Crippen molar-refractivity contribution in [2.24, 2.45) is 28.8 Å². The molecule has 2 bridgehead atoms. The van der Waals surface area contributed by atoms with Crippen LogP contribution in [0.5, 0.6) is 11.5 Å². The maximum atomic E-state index is 12.5. The number of rotatable bonds is 2. The average Bonchev–Trinajstić information content (AvgIpc) is 3.30. The molecule has 6 heteroatoms. The Bertz CT molecular complexity index is 755. The fourth-order valence-corrected chi connectivity index (χ4v) is 4.12. The van der Waals surface area contributed by atoms with E-state index in [2.05, 4.69) is 17.3 Å². The lowest BCUT2D eigenvalue weighted by molar-refractivity contribution is -0.140. The highest BCUT2D eigenvalue weighted by molar-refractivity contribution is 6.06. The predicted octanol–water partition coefficient (Wildman–Crippen LogP) is 1.56. The van der Waals surface area contributed by atoms with Gasteiger partial charge in [0.1, 0.15) is 0 Å². The maximum Gasteiger partial charge on any atom is 0.254 e. The summed E-state index contributed by atoms with van der Waals surface area (Å²) in [6.45, 7) is 0.207. The van der Waals surface area contributed by atoms with Crippen molar-refractivity contribution in [2.45, 2.75) is 6.42 Å². The van der Waals surface area contributed by atoms with E-state index < -0.39 is 0 Å². The molecule has 0 unspecified atom stereocenters. The largest absolute Gasteiger partial charge is 0.454 e. The highest BCUT2D eigenvalue weighted by Crippen LogP contribution is 2.52. The number of fused-ring (bicyclic) bond motifs is 6. The Balaban J connectivity index is 1.41. The molecule has 4 atom stereocenters. The van der Waals surface area contributed by atoms with Crippen LogP contribution in [0.4, 0.5) is 0 Å². The molecule has 0 spiro atoms. The normalized spacial score (nSPS) is 33.3. The van der Waals surface area contributed by atoms with Gasteiger partial charge in [-0.15, -0.1) is 0 Å². The first-order valence-corrected chi connectivity index (χ1v) is 7.72. The van der Waals surface area contributed by atoms with Gasteiger partial charge in [-0.25, -0.2) is 0 Å². The molecule has 2 heterocycles. The summed E-state index contributed by atoms with van der Waals surface area (Å²) in [7, 11) is 0. The zero-order valence-electron chi connectivity index (χ0n) is 12.2. The lowest BCUT2D eigenvalue weighted by Gasteiger charge is -2.13. The number of carbonyl (C=O) groups excluding carboxylic acids is 2. The smallest absolute Gasteiger partial charge is 0.254 e. The molecular formula is C17H14N2O4. The first kappa shape index (κ1) is 12.9. The van der Waals surface area contributed by atoms with Crippen molar-refractivity contribution in [3.63, 3.8) is 0 Å². The summed E-state index contributed by atoms with van der Waals surface area (Å²) >= 11 is 0. The first-order valence-electron chi connectivity index (χ1n) is 7.72. The van der Waals surface area contributed by atoms with Gasteiger partial charge in [0.25, 0.3) is 11.8 Å². The van der Waals surface area contributed by atoms with Gasteiger partial charge in [-0.05, 0) is 42.0 Å². The Morgan fingerprint density at radius 1 is 1.04 bits per heavy atom. The number of hydrazone groups is 1. The quantitative estimate of drug-likeness (QED) is 0.472. The summed E-state index contributed by atoms with van der Waals surface area (Å²) in [6, 6.07) is 5.38. The lowest BCUT2D eigenvalue weighted by atomic mass is 9.85. The van der Waals surface area contributed by atoms with Crippen LogP contribution in [0.15, 0.2) is 35.5 Å². The third kappa shape index (κ3) is 1.72. The Morgan fingerprint density at radius 3 is 2.48 bits per heavy atom. The minimum absolute atomic E-state index is 0.172. The molecule has 0 aromatic heterocycles. The zero-order chi connectivity index (χ0) is 15.6. The second-order valence-corrected chi connectivity index (χ2v) is 6.35. The van der Waals surface area contributed by atoms with E-state index >= 15 is 0 Å². The van der Waals surface area contributed by atoms with Gasteiger partial charge < -0.3 is 9.47 Å². The van der Waals surface area contributed by atoms with E-state index in [0.717, 1.165) is 17.0 Å². The zero-order valence-corrected chi connectivity index (χ0v) is 12.2. The molecule has 116 valence electrons.